The molecule has 0 spiro atoms. The number of fused-ring (bicyclic) bond motifs is 2. The third-order valence-corrected chi connectivity index (χ3v) is 4.63. The van der Waals surface area contributed by atoms with Crippen molar-refractivity contribution in [2.45, 2.75) is 19.3 Å². The SMILES string of the molecule is c1ccc2nc3cccc(OCCN4CCCCC4)c3cc2c1. The van der Waals surface area contributed by atoms with Crippen LogP contribution in [0.1, 0.15) is 19.3 Å². The zero-order valence-electron chi connectivity index (χ0n) is 13.4. The Morgan fingerprint density at radius 1 is 0.913 bits per heavy atom. The van der Waals surface area contributed by atoms with Crippen LogP contribution in [0.15, 0.2) is 48.5 Å². The second-order valence-electron chi connectivity index (χ2n) is 6.25. The van der Waals surface area contributed by atoms with Crippen LogP contribution in [-0.4, -0.2) is 36.1 Å². The van der Waals surface area contributed by atoms with Crippen molar-refractivity contribution < 1.29 is 4.74 Å². The molecule has 3 heteroatoms. The van der Waals surface area contributed by atoms with Gasteiger partial charge in [-0.2, -0.15) is 0 Å². The van der Waals surface area contributed by atoms with Crippen molar-refractivity contribution in [1.29, 1.82) is 0 Å². The summed E-state index contributed by atoms with van der Waals surface area (Å²) in [6.45, 7) is 4.18. The highest BCUT2D eigenvalue weighted by atomic mass is 16.5. The number of nitrogens with zero attached hydrogens (tertiary/aromatic N) is 2. The average molecular weight is 306 g/mol. The van der Waals surface area contributed by atoms with Gasteiger partial charge in [-0.1, -0.05) is 30.7 Å². The predicted octanol–water partition coefficient (Wildman–Crippen LogP) is 4.25. The number of hydrogen-bond acceptors (Lipinski definition) is 3. The van der Waals surface area contributed by atoms with Crippen LogP contribution < -0.4 is 4.74 Å². The molecule has 0 atom stereocenters. The molecule has 118 valence electrons. The molecule has 0 bridgehead atoms. The van der Waals surface area contributed by atoms with Gasteiger partial charge in [0.25, 0.3) is 0 Å². The Balaban J connectivity index is 1.55. The molecule has 1 aromatic heterocycles. The van der Waals surface area contributed by atoms with Crippen LogP contribution in [-0.2, 0) is 0 Å². The minimum absolute atomic E-state index is 0.742. The summed E-state index contributed by atoms with van der Waals surface area (Å²) in [5.41, 5.74) is 2.03. The zero-order chi connectivity index (χ0) is 15.5. The Kier molecular flexibility index (Phi) is 4.12. The molecule has 1 saturated heterocycles. The van der Waals surface area contributed by atoms with E-state index in [1.165, 1.54) is 32.4 Å². The van der Waals surface area contributed by atoms with Gasteiger partial charge in [0, 0.05) is 17.3 Å². The van der Waals surface area contributed by atoms with Crippen molar-refractivity contribution in [2.75, 3.05) is 26.2 Å². The molecule has 1 aliphatic heterocycles. The van der Waals surface area contributed by atoms with E-state index in [1.54, 1.807) is 0 Å². The third-order valence-electron chi connectivity index (χ3n) is 4.63. The van der Waals surface area contributed by atoms with Gasteiger partial charge in [0.15, 0.2) is 0 Å². The topological polar surface area (TPSA) is 25.4 Å². The molecule has 23 heavy (non-hydrogen) atoms. The largest absolute Gasteiger partial charge is 0.492 e. The van der Waals surface area contributed by atoms with Crippen LogP contribution in [0.25, 0.3) is 21.8 Å². The van der Waals surface area contributed by atoms with E-state index < -0.39 is 0 Å². The van der Waals surface area contributed by atoms with E-state index in [1.807, 2.05) is 12.1 Å². The second kappa shape index (κ2) is 6.55. The molecule has 2 heterocycles. The molecule has 0 unspecified atom stereocenters. The number of rotatable bonds is 4. The third kappa shape index (κ3) is 3.15. The number of hydrogen-bond donors (Lipinski definition) is 0. The summed E-state index contributed by atoms with van der Waals surface area (Å²) in [5, 5.41) is 2.26. The van der Waals surface area contributed by atoms with Crippen molar-refractivity contribution in [2.24, 2.45) is 0 Å². The molecule has 0 saturated carbocycles. The van der Waals surface area contributed by atoms with Crippen LogP contribution in [0, 0.1) is 0 Å². The maximum absolute atomic E-state index is 6.09. The van der Waals surface area contributed by atoms with Gasteiger partial charge < -0.3 is 4.74 Å². The Morgan fingerprint density at radius 3 is 2.65 bits per heavy atom. The van der Waals surface area contributed by atoms with Crippen LogP contribution in [0.2, 0.25) is 0 Å². The molecule has 1 aliphatic rings. The summed E-state index contributed by atoms with van der Waals surface area (Å²) >= 11 is 0. The number of likely N-dealkylation sites (tertiary alicyclic amines) is 1. The maximum Gasteiger partial charge on any atom is 0.128 e. The van der Waals surface area contributed by atoms with Crippen molar-refractivity contribution in [3.63, 3.8) is 0 Å². The second-order valence-corrected chi connectivity index (χ2v) is 6.25. The van der Waals surface area contributed by atoms with Gasteiger partial charge in [0.2, 0.25) is 0 Å². The van der Waals surface area contributed by atoms with Gasteiger partial charge in [-0.25, -0.2) is 4.98 Å². The maximum atomic E-state index is 6.09. The first kappa shape index (κ1) is 14.5. The first-order valence-corrected chi connectivity index (χ1v) is 8.54. The van der Waals surface area contributed by atoms with Gasteiger partial charge in [-0.15, -0.1) is 0 Å². The van der Waals surface area contributed by atoms with Crippen molar-refractivity contribution in [3.05, 3.63) is 48.5 Å². The van der Waals surface area contributed by atoms with Crippen molar-refractivity contribution in [3.8, 4) is 5.75 Å². The van der Waals surface area contributed by atoms with E-state index in [0.29, 0.717) is 0 Å². The Labute approximate surface area is 136 Å². The van der Waals surface area contributed by atoms with E-state index in [-0.39, 0.29) is 0 Å². The molecular formula is C20H22N2O. The molecule has 3 nitrogen and oxygen atoms in total. The molecule has 2 aromatic carbocycles. The molecule has 0 radical (unpaired) electrons. The van der Waals surface area contributed by atoms with E-state index in [0.717, 1.165) is 40.7 Å². The van der Waals surface area contributed by atoms with Crippen LogP contribution in [0.3, 0.4) is 0 Å². The lowest BCUT2D eigenvalue weighted by molar-refractivity contribution is 0.184. The summed E-state index contributed by atoms with van der Waals surface area (Å²) in [5.74, 6) is 0.942. The van der Waals surface area contributed by atoms with Crippen LogP contribution >= 0.6 is 0 Å². The van der Waals surface area contributed by atoms with Gasteiger partial charge in [0.05, 0.1) is 11.0 Å². The lowest BCUT2D eigenvalue weighted by atomic mass is 10.1. The lowest BCUT2D eigenvalue weighted by Gasteiger charge is -2.26. The van der Waals surface area contributed by atoms with Gasteiger partial charge in [0.1, 0.15) is 12.4 Å². The van der Waals surface area contributed by atoms with Crippen molar-refractivity contribution >= 4 is 21.8 Å². The average Bonchev–Trinajstić information content (AvgIpc) is 2.61. The number of pyridine rings is 1. The monoisotopic (exact) mass is 306 g/mol. The highest BCUT2D eigenvalue weighted by Crippen LogP contribution is 2.27. The summed E-state index contributed by atoms with van der Waals surface area (Å²) in [6.07, 6.45) is 4.02. The highest BCUT2D eigenvalue weighted by Gasteiger charge is 2.10. The molecular weight excluding hydrogens is 284 g/mol. The molecule has 0 N–H and O–H groups in total. The summed E-state index contributed by atoms with van der Waals surface area (Å²) in [7, 11) is 0. The van der Waals surface area contributed by atoms with Crippen molar-refractivity contribution in [1.82, 2.24) is 9.88 Å². The smallest absolute Gasteiger partial charge is 0.128 e. The summed E-state index contributed by atoms with van der Waals surface area (Å²) < 4.78 is 6.09. The van der Waals surface area contributed by atoms with Crippen LogP contribution in [0.4, 0.5) is 0 Å². The molecule has 0 aliphatic carbocycles. The van der Waals surface area contributed by atoms with E-state index in [2.05, 4.69) is 41.3 Å². The fraction of sp³-hybridized carbons (Fsp3) is 0.350. The molecule has 0 amide bonds. The predicted molar refractivity (Wildman–Crippen MR) is 95.0 cm³/mol. The number of para-hydroxylation sites is 1. The fourth-order valence-corrected chi connectivity index (χ4v) is 3.37. The lowest BCUT2D eigenvalue weighted by Crippen LogP contribution is -2.33. The Hall–Kier alpha value is -2.13. The first-order chi connectivity index (χ1) is 11.4. The van der Waals surface area contributed by atoms with Gasteiger partial charge >= 0.3 is 0 Å². The van der Waals surface area contributed by atoms with E-state index in [4.69, 9.17) is 9.72 Å². The Bertz CT molecular complexity index is 809. The molecule has 3 aromatic rings. The zero-order valence-corrected chi connectivity index (χ0v) is 13.4. The number of ether oxygens (including phenoxy) is 1. The van der Waals surface area contributed by atoms with E-state index >= 15 is 0 Å². The number of piperidine rings is 1. The summed E-state index contributed by atoms with van der Waals surface area (Å²) in [6, 6.07) is 16.6. The normalized spacial score (nSPS) is 16.0. The summed E-state index contributed by atoms with van der Waals surface area (Å²) in [4.78, 5) is 7.25. The van der Waals surface area contributed by atoms with E-state index in [9.17, 15) is 0 Å². The van der Waals surface area contributed by atoms with Crippen LogP contribution in [0.5, 0.6) is 5.75 Å². The molecule has 4 rings (SSSR count). The first-order valence-electron chi connectivity index (χ1n) is 8.54. The molecule has 1 fully saturated rings. The van der Waals surface area contributed by atoms with Gasteiger partial charge in [-0.3, -0.25) is 4.90 Å². The fourth-order valence-electron chi connectivity index (χ4n) is 3.37. The minimum Gasteiger partial charge on any atom is -0.492 e. The standard InChI is InChI=1S/C20H22N2O/c1-4-11-22(12-5-1)13-14-23-20-10-6-9-19-17(20)15-16-7-2-3-8-18(16)21-19/h2-3,6-10,15H,1,4-5,11-14H2. The van der Waals surface area contributed by atoms with Gasteiger partial charge in [-0.05, 0) is 50.2 Å². The quantitative estimate of drug-likeness (QED) is 0.674. The minimum atomic E-state index is 0.742. The Morgan fingerprint density at radius 2 is 1.74 bits per heavy atom. The number of benzene rings is 2. The highest BCUT2D eigenvalue weighted by molar-refractivity contribution is 5.95. The number of aromatic nitrogens is 1.